The third kappa shape index (κ3) is 2.77. The fraction of sp³-hybridized carbons (Fsp3) is 0.222. The first-order valence-electron chi connectivity index (χ1n) is 7.00. The molecule has 0 aliphatic carbocycles. The van der Waals surface area contributed by atoms with Gasteiger partial charge in [-0.15, -0.1) is 11.8 Å². The van der Waals surface area contributed by atoms with Crippen LogP contribution in [0.15, 0.2) is 51.8 Å². The second-order valence-electron chi connectivity index (χ2n) is 5.35. The molecule has 0 fully saturated rings. The van der Waals surface area contributed by atoms with E-state index in [1.54, 1.807) is 0 Å². The van der Waals surface area contributed by atoms with Gasteiger partial charge in [-0.25, -0.2) is 0 Å². The second-order valence-corrected chi connectivity index (χ2v) is 7.25. The number of fused-ring (bicyclic) bond motifs is 1. The molecule has 0 bridgehead atoms. The first-order chi connectivity index (χ1) is 10.1. The van der Waals surface area contributed by atoms with Gasteiger partial charge in [-0.2, -0.15) is 0 Å². The Morgan fingerprint density at radius 3 is 2.52 bits per heavy atom. The number of rotatable bonds is 3. The zero-order valence-corrected chi connectivity index (χ0v) is 14.9. The van der Waals surface area contributed by atoms with Gasteiger partial charge in [-0.1, -0.05) is 34.1 Å². The summed E-state index contributed by atoms with van der Waals surface area (Å²) in [6.45, 7) is 4.38. The number of thioether (sulfide) groups is 1. The lowest BCUT2D eigenvalue weighted by molar-refractivity contribution is 0.901. The van der Waals surface area contributed by atoms with Crippen molar-refractivity contribution in [3.63, 3.8) is 0 Å². The summed E-state index contributed by atoms with van der Waals surface area (Å²) < 4.78 is 3.50. The van der Waals surface area contributed by atoms with Crippen molar-refractivity contribution in [2.75, 3.05) is 0 Å². The molecular formula is C18H18BrNS. The first kappa shape index (κ1) is 14.7. The molecule has 0 amide bonds. The average molecular weight is 360 g/mol. The van der Waals surface area contributed by atoms with Crippen molar-refractivity contribution in [2.45, 2.75) is 24.5 Å². The zero-order valence-electron chi connectivity index (χ0n) is 12.5. The van der Waals surface area contributed by atoms with E-state index in [4.69, 9.17) is 0 Å². The number of halogens is 1. The molecule has 0 saturated carbocycles. The van der Waals surface area contributed by atoms with Gasteiger partial charge in [0.15, 0.2) is 0 Å². The Labute approximate surface area is 138 Å². The van der Waals surface area contributed by atoms with Gasteiger partial charge in [0, 0.05) is 38.8 Å². The Morgan fingerprint density at radius 2 is 1.81 bits per heavy atom. The first-order valence-corrected chi connectivity index (χ1v) is 8.77. The Hall–Kier alpha value is -1.19. The fourth-order valence-corrected chi connectivity index (χ4v) is 4.07. The third-order valence-electron chi connectivity index (χ3n) is 4.00. The van der Waals surface area contributed by atoms with E-state index >= 15 is 0 Å². The minimum atomic E-state index is 0.998. The summed E-state index contributed by atoms with van der Waals surface area (Å²) in [6, 6.07) is 15.1. The van der Waals surface area contributed by atoms with E-state index in [0.29, 0.717) is 0 Å². The summed E-state index contributed by atoms with van der Waals surface area (Å²) in [5.74, 6) is 0.998. The second kappa shape index (κ2) is 5.90. The summed E-state index contributed by atoms with van der Waals surface area (Å²) in [4.78, 5) is 1.32. The van der Waals surface area contributed by atoms with Crippen LogP contribution in [0.2, 0.25) is 0 Å². The van der Waals surface area contributed by atoms with Crippen molar-refractivity contribution in [3.05, 3.63) is 63.8 Å². The van der Waals surface area contributed by atoms with Crippen LogP contribution in [-0.4, -0.2) is 4.57 Å². The molecule has 21 heavy (non-hydrogen) atoms. The predicted molar refractivity (Wildman–Crippen MR) is 96.1 cm³/mol. The van der Waals surface area contributed by atoms with Crippen LogP contribution in [0.5, 0.6) is 0 Å². The summed E-state index contributed by atoms with van der Waals surface area (Å²) >= 11 is 5.53. The van der Waals surface area contributed by atoms with Crippen LogP contribution >= 0.6 is 27.7 Å². The van der Waals surface area contributed by atoms with Crippen LogP contribution in [0.3, 0.4) is 0 Å². The summed E-state index contributed by atoms with van der Waals surface area (Å²) in [5, 5.41) is 1.36. The molecule has 0 aliphatic rings. The van der Waals surface area contributed by atoms with E-state index in [2.05, 4.69) is 83.9 Å². The number of hydrogen-bond donors (Lipinski definition) is 0. The Morgan fingerprint density at radius 1 is 1.10 bits per heavy atom. The van der Waals surface area contributed by atoms with Crippen molar-refractivity contribution in [3.8, 4) is 0 Å². The normalized spacial score (nSPS) is 11.2. The van der Waals surface area contributed by atoms with Gasteiger partial charge in [-0.3, -0.25) is 0 Å². The quantitative estimate of drug-likeness (QED) is 0.531. The van der Waals surface area contributed by atoms with Crippen LogP contribution in [-0.2, 0) is 12.8 Å². The Bertz CT molecular complexity index is 745. The van der Waals surface area contributed by atoms with E-state index in [9.17, 15) is 0 Å². The molecule has 0 unspecified atom stereocenters. The van der Waals surface area contributed by atoms with Crippen LogP contribution in [0.4, 0.5) is 0 Å². The molecule has 0 spiro atoms. The smallest absolute Gasteiger partial charge is 0.0494 e. The van der Waals surface area contributed by atoms with E-state index < -0.39 is 0 Å². The third-order valence-corrected chi connectivity index (χ3v) is 5.88. The summed E-state index contributed by atoms with van der Waals surface area (Å²) in [5.41, 5.74) is 5.38. The van der Waals surface area contributed by atoms with Crippen LogP contribution in [0.1, 0.15) is 16.8 Å². The highest BCUT2D eigenvalue weighted by Gasteiger charge is 2.13. The van der Waals surface area contributed by atoms with Gasteiger partial charge in [0.25, 0.3) is 0 Å². The molecule has 0 saturated heterocycles. The van der Waals surface area contributed by atoms with Crippen molar-refractivity contribution in [1.29, 1.82) is 0 Å². The highest BCUT2D eigenvalue weighted by atomic mass is 79.9. The number of aromatic nitrogens is 1. The molecule has 108 valence electrons. The molecule has 3 rings (SSSR count). The van der Waals surface area contributed by atoms with E-state index in [1.165, 1.54) is 37.1 Å². The lowest BCUT2D eigenvalue weighted by Crippen LogP contribution is -1.95. The fourth-order valence-electron chi connectivity index (χ4n) is 2.67. The van der Waals surface area contributed by atoms with E-state index in [-0.39, 0.29) is 0 Å². The van der Waals surface area contributed by atoms with Crippen molar-refractivity contribution in [1.82, 2.24) is 4.57 Å². The minimum absolute atomic E-state index is 0.998. The van der Waals surface area contributed by atoms with Gasteiger partial charge in [0.05, 0.1) is 0 Å². The van der Waals surface area contributed by atoms with Gasteiger partial charge in [-0.05, 0) is 49.2 Å². The lowest BCUT2D eigenvalue weighted by Gasteiger charge is -2.06. The topological polar surface area (TPSA) is 4.93 Å². The molecule has 0 N–H and O–H groups in total. The lowest BCUT2D eigenvalue weighted by atomic mass is 10.1. The maximum atomic E-state index is 3.64. The number of benzene rings is 2. The largest absolute Gasteiger partial charge is 0.347 e. The molecule has 3 heteroatoms. The van der Waals surface area contributed by atoms with Crippen LogP contribution in [0.25, 0.3) is 10.9 Å². The Balaban J connectivity index is 1.99. The van der Waals surface area contributed by atoms with Crippen LogP contribution < -0.4 is 0 Å². The van der Waals surface area contributed by atoms with Crippen LogP contribution in [0, 0.1) is 13.8 Å². The molecule has 0 atom stereocenters. The molecule has 1 nitrogen and oxygen atoms in total. The number of hydrogen-bond acceptors (Lipinski definition) is 1. The SMILES string of the molecule is Cc1cc2c(C)c(CSc3ccccc3)n(C)c2cc1Br. The maximum absolute atomic E-state index is 3.64. The summed E-state index contributed by atoms with van der Waals surface area (Å²) in [7, 11) is 2.16. The van der Waals surface area contributed by atoms with Crippen molar-refractivity contribution < 1.29 is 0 Å². The van der Waals surface area contributed by atoms with Gasteiger partial charge < -0.3 is 4.57 Å². The van der Waals surface area contributed by atoms with Crippen molar-refractivity contribution >= 4 is 38.6 Å². The highest BCUT2D eigenvalue weighted by molar-refractivity contribution is 9.10. The van der Waals surface area contributed by atoms with Crippen molar-refractivity contribution in [2.24, 2.45) is 7.05 Å². The number of aryl methyl sites for hydroxylation is 3. The monoisotopic (exact) mass is 359 g/mol. The molecule has 1 heterocycles. The standard InChI is InChI=1S/C18H18BrNS/c1-12-9-15-13(2)18(20(3)17(15)10-16(12)19)11-21-14-7-5-4-6-8-14/h4-10H,11H2,1-3H3. The maximum Gasteiger partial charge on any atom is 0.0494 e. The summed E-state index contributed by atoms with van der Waals surface area (Å²) in [6.07, 6.45) is 0. The molecule has 0 aliphatic heterocycles. The molecule has 3 aromatic rings. The van der Waals surface area contributed by atoms with Gasteiger partial charge in [0.2, 0.25) is 0 Å². The average Bonchev–Trinajstić information content (AvgIpc) is 2.71. The minimum Gasteiger partial charge on any atom is -0.347 e. The molecule has 0 radical (unpaired) electrons. The highest BCUT2D eigenvalue weighted by Crippen LogP contribution is 2.33. The predicted octanol–water partition coefficient (Wildman–Crippen LogP) is 5.85. The van der Waals surface area contributed by atoms with E-state index in [1.807, 2.05) is 11.8 Å². The molecular weight excluding hydrogens is 342 g/mol. The van der Waals surface area contributed by atoms with Gasteiger partial charge in [0.1, 0.15) is 0 Å². The Kier molecular flexibility index (Phi) is 4.14. The van der Waals surface area contributed by atoms with E-state index in [0.717, 1.165) is 5.75 Å². The van der Waals surface area contributed by atoms with Gasteiger partial charge >= 0.3 is 0 Å². The molecule has 2 aromatic carbocycles. The molecule has 1 aromatic heterocycles. The number of nitrogens with zero attached hydrogens (tertiary/aromatic N) is 1. The zero-order chi connectivity index (χ0) is 15.0.